The summed E-state index contributed by atoms with van der Waals surface area (Å²) in [6.07, 6.45) is 5.51. The van der Waals surface area contributed by atoms with Gasteiger partial charge >= 0.3 is 0 Å². The molecule has 2 aromatic heterocycles. The molecule has 0 spiro atoms. The van der Waals surface area contributed by atoms with E-state index in [0.717, 1.165) is 18.8 Å². The smallest absolute Gasteiger partial charge is 0.282 e. The van der Waals surface area contributed by atoms with Crippen LogP contribution in [0.25, 0.3) is 0 Å². The van der Waals surface area contributed by atoms with Gasteiger partial charge < -0.3 is 14.5 Å². The molecule has 2 fully saturated rings. The molecular formula is C23H23N5O3S. The van der Waals surface area contributed by atoms with Crippen LogP contribution in [0, 0.1) is 0 Å². The number of aromatic nitrogens is 2. The molecule has 1 unspecified atom stereocenters. The number of hydrogen-bond donors (Lipinski definition) is 0. The van der Waals surface area contributed by atoms with Gasteiger partial charge in [-0.1, -0.05) is 0 Å². The Labute approximate surface area is 190 Å². The van der Waals surface area contributed by atoms with Crippen molar-refractivity contribution in [3.8, 4) is 11.5 Å². The van der Waals surface area contributed by atoms with Crippen LogP contribution in [0.1, 0.15) is 16.2 Å². The number of rotatable bonds is 5. The minimum absolute atomic E-state index is 0.00244. The third-order valence-corrected chi connectivity index (χ3v) is 6.62. The van der Waals surface area contributed by atoms with E-state index in [9.17, 15) is 9.59 Å². The van der Waals surface area contributed by atoms with Gasteiger partial charge in [0.15, 0.2) is 5.01 Å². The highest BCUT2D eigenvalue weighted by molar-refractivity contribution is 7.11. The van der Waals surface area contributed by atoms with Gasteiger partial charge in [0.2, 0.25) is 5.91 Å². The molecular weight excluding hydrogens is 426 g/mol. The molecule has 2 amide bonds. The first kappa shape index (κ1) is 20.6. The number of nitrogens with zero attached hydrogens (tertiary/aromatic N) is 5. The summed E-state index contributed by atoms with van der Waals surface area (Å²) in [5.41, 5.74) is 0.869. The first-order chi connectivity index (χ1) is 15.7. The maximum Gasteiger partial charge on any atom is 0.282 e. The van der Waals surface area contributed by atoms with Crippen LogP contribution >= 0.6 is 11.3 Å². The van der Waals surface area contributed by atoms with Crippen molar-refractivity contribution in [1.82, 2.24) is 19.8 Å². The largest absolute Gasteiger partial charge is 0.456 e. The molecule has 1 atom stereocenters. The van der Waals surface area contributed by atoms with Crippen molar-refractivity contribution in [3.05, 3.63) is 65.4 Å². The molecule has 3 aromatic rings. The molecule has 0 bridgehead atoms. The molecule has 2 aliphatic rings. The van der Waals surface area contributed by atoms with Crippen molar-refractivity contribution in [3.63, 3.8) is 0 Å². The van der Waals surface area contributed by atoms with Gasteiger partial charge in [-0.2, -0.15) is 0 Å². The Kier molecular flexibility index (Phi) is 5.83. The van der Waals surface area contributed by atoms with Crippen molar-refractivity contribution in [2.24, 2.45) is 0 Å². The van der Waals surface area contributed by atoms with Crippen LogP contribution in [0.3, 0.4) is 0 Å². The molecule has 0 saturated carbocycles. The Morgan fingerprint density at radius 2 is 1.84 bits per heavy atom. The van der Waals surface area contributed by atoms with Gasteiger partial charge in [0.1, 0.15) is 11.5 Å². The van der Waals surface area contributed by atoms with Crippen LogP contribution in [0.15, 0.2) is 60.4 Å². The third kappa shape index (κ3) is 4.35. The van der Waals surface area contributed by atoms with E-state index in [-0.39, 0.29) is 17.9 Å². The summed E-state index contributed by atoms with van der Waals surface area (Å²) in [6.45, 7) is 3.50. The number of hydrogen-bond acceptors (Lipinski definition) is 7. The number of carbonyl (C=O) groups is 2. The number of amides is 2. The van der Waals surface area contributed by atoms with E-state index in [4.69, 9.17) is 4.74 Å². The first-order valence-corrected chi connectivity index (χ1v) is 11.5. The Balaban J connectivity index is 1.17. The molecule has 2 saturated heterocycles. The Morgan fingerprint density at radius 1 is 1.03 bits per heavy atom. The third-order valence-electron chi connectivity index (χ3n) is 5.86. The summed E-state index contributed by atoms with van der Waals surface area (Å²) in [4.78, 5) is 39.4. The molecule has 2 aliphatic heterocycles. The maximum absolute atomic E-state index is 12.7. The molecule has 32 heavy (non-hydrogen) atoms. The van der Waals surface area contributed by atoms with Crippen molar-refractivity contribution < 1.29 is 14.3 Å². The average molecular weight is 450 g/mol. The van der Waals surface area contributed by atoms with Crippen LogP contribution in [0.5, 0.6) is 11.5 Å². The second kappa shape index (κ2) is 9.05. The lowest BCUT2D eigenvalue weighted by Crippen LogP contribution is -2.52. The Bertz CT molecular complexity index is 1070. The number of pyridine rings is 1. The van der Waals surface area contributed by atoms with Gasteiger partial charge in [-0.15, -0.1) is 11.3 Å². The van der Waals surface area contributed by atoms with Crippen LogP contribution in [0.4, 0.5) is 5.69 Å². The molecule has 0 N–H and O–H groups in total. The van der Waals surface area contributed by atoms with Gasteiger partial charge in [-0.25, -0.2) is 4.98 Å². The Morgan fingerprint density at radius 3 is 2.53 bits per heavy atom. The normalized spacial score (nSPS) is 19.4. The van der Waals surface area contributed by atoms with Crippen molar-refractivity contribution in [1.29, 1.82) is 0 Å². The molecule has 164 valence electrons. The van der Waals surface area contributed by atoms with Gasteiger partial charge in [0.25, 0.3) is 5.91 Å². The van der Waals surface area contributed by atoms with Gasteiger partial charge in [-0.05, 0) is 36.4 Å². The van der Waals surface area contributed by atoms with Crippen LogP contribution in [-0.2, 0) is 4.79 Å². The summed E-state index contributed by atoms with van der Waals surface area (Å²) in [5, 5.41) is 2.36. The van der Waals surface area contributed by atoms with Gasteiger partial charge in [-0.3, -0.25) is 19.5 Å². The number of anilines is 1. The lowest BCUT2D eigenvalue weighted by atomic mass is 10.2. The van der Waals surface area contributed by atoms with Gasteiger partial charge in [0.05, 0.1) is 6.20 Å². The zero-order valence-electron chi connectivity index (χ0n) is 17.5. The molecule has 4 heterocycles. The fraction of sp³-hybridized carbons (Fsp3) is 0.304. The quantitative estimate of drug-likeness (QED) is 0.596. The molecule has 0 aliphatic carbocycles. The van der Waals surface area contributed by atoms with E-state index in [1.165, 1.54) is 11.3 Å². The molecule has 1 aromatic carbocycles. The minimum Gasteiger partial charge on any atom is -0.456 e. The zero-order chi connectivity index (χ0) is 21.9. The number of benzene rings is 1. The lowest BCUT2D eigenvalue weighted by Gasteiger charge is -2.37. The monoisotopic (exact) mass is 449 g/mol. The topological polar surface area (TPSA) is 78.9 Å². The summed E-state index contributed by atoms with van der Waals surface area (Å²) in [7, 11) is 0. The van der Waals surface area contributed by atoms with Crippen molar-refractivity contribution >= 4 is 28.8 Å². The fourth-order valence-electron chi connectivity index (χ4n) is 4.18. The van der Waals surface area contributed by atoms with E-state index in [0.29, 0.717) is 42.6 Å². The SMILES string of the molecule is O=C(c1nccs1)N1CCN(C2CC(=O)N(c3ccc(Oc4cccnc4)cc3)C2)CC1. The highest BCUT2D eigenvalue weighted by Gasteiger charge is 2.36. The highest BCUT2D eigenvalue weighted by Crippen LogP contribution is 2.28. The van der Waals surface area contributed by atoms with Crippen LogP contribution in [-0.4, -0.2) is 70.3 Å². The maximum atomic E-state index is 12.7. The van der Waals surface area contributed by atoms with E-state index in [1.54, 1.807) is 18.6 Å². The number of piperazine rings is 1. The molecule has 8 nitrogen and oxygen atoms in total. The first-order valence-electron chi connectivity index (χ1n) is 10.6. The number of ether oxygens (including phenoxy) is 1. The minimum atomic E-state index is -0.00244. The van der Waals surface area contributed by atoms with Crippen LogP contribution < -0.4 is 9.64 Å². The Hall–Kier alpha value is -3.30. The fourth-order valence-corrected chi connectivity index (χ4v) is 4.78. The highest BCUT2D eigenvalue weighted by atomic mass is 32.1. The average Bonchev–Trinajstić information content (AvgIpc) is 3.50. The number of thiazole rings is 1. The summed E-state index contributed by atoms with van der Waals surface area (Å²) < 4.78 is 5.79. The van der Waals surface area contributed by atoms with Crippen molar-refractivity contribution in [2.75, 3.05) is 37.6 Å². The molecule has 0 radical (unpaired) electrons. The number of carbonyl (C=O) groups excluding carboxylic acids is 2. The van der Waals surface area contributed by atoms with Gasteiger partial charge in [0, 0.05) is 68.6 Å². The summed E-state index contributed by atoms with van der Waals surface area (Å²) in [5.74, 6) is 1.49. The molecule has 5 rings (SSSR count). The second-order valence-electron chi connectivity index (χ2n) is 7.81. The second-order valence-corrected chi connectivity index (χ2v) is 8.71. The van der Waals surface area contributed by atoms with E-state index >= 15 is 0 Å². The van der Waals surface area contributed by atoms with Crippen LogP contribution in [0.2, 0.25) is 0 Å². The lowest BCUT2D eigenvalue weighted by molar-refractivity contribution is -0.117. The van der Waals surface area contributed by atoms with E-state index in [2.05, 4.69) is 14.9 Å². The zero-order valence-corrected chi connectivity index (χ0v) is 18.3. The van der Waals surface area contributed by atoms with Crippen molar-refractivity contribution in [2.45, 2.75) is 12.5 Å². The van der Waals surface area contributed by atoms with E-state index < -0.39 is 0 Å². The summed E-state index contributed by atoms with van der Waals surface area (Å²) in [6, 6.07) is 11.4. The predicted octanol–water partition coefficient (Wildman–Crippen LogP) is 2.89. The predicted molar refractivity (Wildman–Crippen MR) is 121 cm³/mol. The van der Waals surface area contributed by atoms with E-state index in [1.807, 2.05) is 51.6 Å². The molecule has 9 heteroatoms. The summed E-state index contributed by atoms with van der Waals surface area (Å²) >= 11 is 1.37. The standard InChI is InChI=1S/C23H23N5O3S/c29-21-14-18(26-9-11-27(12-10-26)23(30)22-25-8-13-32-22)16-28(21)17-3-5-19(6-4-17)31-20-2-1-7-24-15-20/h1-8,13,15,18H,9-12,14,16H2.